The van der Waals surface area contributed by atoms with E-state index in [-0.39, 0.29) is 0 Å². The Morgan fingerprint density at radius 1 is 1.53 bits per heavy atom. The summed E-state index contributed by atoms with van der Waals surface area (Å²) < 4.78 is 7.26. The summed E-state index contributed by atoms with van der Waals surface area (Å²) in [4.78, 5) is 3.91. The van der Waals surface area contributed by atoms with E-state index in [9.17, 15) is 0 Å². The van der Waals surface area contributed by atoms with Crippen LogP contribution < -0.4 is 0 Å². The zero-order valence-corrected chi connectivity index (χ0v) is 9.31. The first-order valence-electron chi connectivity index (χ1n) is 5.23. The highest BCUT2D eigenvalue weighted by atomic mass is 16.5. The average molecular weight is 207 g/mol. The van der Waals surface area contributed by atoms with Crippen LogP contribution >= 0.6 is 0 Å². The van der Waals surface area contributed by atoms with Crippen molar-refractivity contribution in [3.05, 3.63) is 18.2 Å². The highest BCUT2D eigenvalue weighted by Gasteiger charge is 2.00. The third-order valence-corrected chi connectivity index (χ3v) is 2.13. The lowest BCUT2D eigenvalue weighted by molar-refractivity contribution is 0.116. The number of aromatic nitrogens is 2. The fourth-order valence-corrected chi connectivity index (χ4v) is 1.19. The van der Waals surface area contributed by atoms with Crippen LogP contribution in [0.1, 0.15) is 26.1 Å². The van der Waals surface area contributed by atoms with E-state index in [1.54, 1.807) is 17.0 Å². The Morgan fingerprint density at radius 2 is 2.33 bits per heavy atom. The summed E-state index contributed by atoms with van der Waals surface area (Å²) in [5.41, 5.74) is 0. The number of nitriles is 1. The summed E-state index contributed by atoms with van der Waals surface area (Å²) >= 11 is 0. The van der Waals surface area contributed by atoms with Crippen LogP contribution in [0.25, 0.3) is 0 Å². The van der Waals surface area contributed by atoms with Gasteiger partial charge in [0.15, 0.2) is 0 Å². The van der Waals surface area contributed by atoms with E-state index in [4.69, 9.17) is 10.00 Å². The zero-order valence-electron chi connectivity index (χ0n) is 9.31. The van der Waals surface area contributed by atoms with Crippen LogP contribution in [0.4, 0.5) is 0 Å². The van der Waals surface area contributed by atoms with Crippen molar-refractivity contribution in [3.63, 3.8) is 0 Å². The molecular formula is C11H17N3O. The van der Waals surface area contributed by atoms with Gasteiger partial charge in [0.2, 0.25) is 5.82 Å². The molecule has 0 saturated carbocycles. The first-order valence-corrected chi connectivity index (χ1v) is 5.23. The molecule has 82 valence electrons. The fraction of sp³-hybridized carbons (Fsp3) is 0.636. The van der Waals surface area contributed by atoms with E-state index < -0.39 is 0 Å². The van der Waals surface area contributed by atoms with Crippen LogP contribution in [0, 0.1) is 17.2 Å². The Balaban J connectivity index is 2.18. The quantitative estimate of drug-likeness (QED) is 0.668. The molecule has 1 heterocycles. The van der Waals surface area contributed by atoms with Crippen molar-refractivity contribution in [2.75, 3.05) is 13.2 Å². The molecule has 0 aliphatic rings. The average Bonchev–Trinajstić information content (AvgIpc) is 2.64. The smallest absolute Gasteiger partial charge is 0.212 e. The minimum Gasteiger partial charge on any atom is -0.380 e. The van der Waals surface area contributed by atoms with E-state index >= 15 is 0 Å². The van der Waals surface area contributed by atoms with Gasteiger partial charge in [0.25, 0.3) is 0 Å². The molecule has 1 aromatic heterocycles. The standard InChI is InChI=1S/C11H17N3O/c1-10(2)3-7-15-8-6-14-5-4-13-11(14)9-12/h4-5,10H,3,6-8H2,1-2H3. The Kier molecular flexibility index (Phi) is 4.85. The van der Waals surface area contributed by atoms with Crippen LogP contribution in [0.3, 0.4) is 0 Å². The molecule has 4 heteroatoms. The molecule has 0 N–H and O–H groups in total. The molecule has 0 atom stereocenters. The van der Waals surface area contributed by atoms with E-state index in [0.29, 0.717) is 24.9 Å². The maximum Gasteiger partial charge on any atom is 0.212 e. The van der Waals surface area contributed by atoms with Gasteiger partial charge < -0.3 is 9.30 Å². The van der Waals surface area contributed by atoms with Crippen LogP contribution in [-0.4, -0.2) is 22.8 Å². The number of ether oxygens (including phenoxy) is 1. The van der Waals surface area contributed by atoms with Crippen molar-refractivity contribution in [3.8, 4) is 6.07 Å². The topological polar surface area (TPSA) is 50.8 Å². The van der Waals surface area contributed by atoms with Gasteiger partial charge in [0.1, 0.15) is 6.07 Å². The molecule has 0 unspecified atom stereocenters. The lowest BCUT2D eigenvalue weighted by Gasteiger charge is -2.07. The molecule has 0 aliphatic carbocycles. The molecule has 0 amide bonds. The Hall–Kier alpha value is -1.34. The Labute approximate surface area is 90.5 Å². The molecule has 0 radical (unpaired) electrons. The second-order valence-corrected chi connectivity index (χ2v) is 3.85. The van der Waals surface area contributed by atoms with E-state index in [1.807, 2.05) is 6.07 Å². The Bertz CT molecular complexity index is 325. The summed E-state index contributed by atoms with van der Waals surface area (Å²) in [5, 5.41) is 8.71. The predicted octanol–water partition coefficient (Wildman–Crippen LogP) is 1.82. The summed E-state index contributed by atoms with van der Waals surface area (Å²) in [6.45, 7) is 6.47. The van der Waals surface area contributed by atoms with Crippen LogP contribution in [0.5, 0.6) is 0 Å². The van der Waals surface area contributed by atoms with Gasteiger partial charge in [-0.25, -0.2) is 4.98 Å². The van der Waals surface area contributed by atoms with Gasteiger partial charge in [0, 0.05) is 25.5 Å². The normalized spacial score (nSPS) is 10.5. The van der Waals surface area contributed by atoms with Gasteiger partial charge in [-0.15, -0.1) is 0 Å². The third-order valence-electron chi connectivity index (χ3n) is 2.13. The molecule has 4 nitrogen and oxygen atoms in total. The first kappa shape index (κ1) is 11.7. The summed E-state index contributed by atoms with van der Waals surface area (Å²) in [6.07, 6.45) is 4.51. The number of hydrogen-bond donors (Lipinski definition) is 0. The van der Waals surface area contributed by atoms with E-state index in [0.717, 1.165) is 13.0 Å². The van der Waals surface area contributed by atoms with Crippen molar-refractivity contribution in [2.24, 2.45) is 5.92 Å². The van der Waals surface area contributed by atoms with Crippen LogP contribution in [0.15, 0.2) is 12.4 Å². The van der Waals surface area contributed by atoms with E-state index in [2.05, 4.69) is 18.8 Å². The molecule has 1 aromatic rings. The zero-order chi connectivity index (χ0) is 11.1. The van der Waals surface area contributed by atoms with Gasteiger partial charge in [0.05, 0.1) is 6.61 Å². The highest BCUT2D eigenvalue weighted by molar-refractivity contribution is 5.10. The fourth-order valence-electron chi connectivity index (χ4n) is 1.19. The van der Waals surface area contributed by atoms with Gasteiger partial charge in [-0.05, 0) is 12.3 Å². The SMILES string of the molecule is CC(C)CCOCCn1ccnc1C#N. The number of hydrogen-bond acceptors (Lipinski definition) is 3. The van der Waals surface area contributed by atoms with Crippen molar-refractivity contribution < 1.29 is 4.74 Å². The molecule has 0 spiro atoms. The predicted molar refractivity (Wildman–Crippen MR) is 57.2 cm³/mol. The summed E-state index contributed by atoms with van der Waals surface area (Å²) in [6, 6.07) is 2.03. The van der Waals surface area contributed by atoms with Crippen molar-refractivity contribution in [1.82, 2.24) is 9.55 Å². The largest absolute Gasteiger partial charge is 0.380 e. The molecule has 0 aromatic carbocycles. The number of imidazole rings is 1. The van der Waals surface area contributed by atoms with Crippen LogP contribution in [0.2, 0.25) is 0 Å². The maximum atomic E-state index is 8.71. The monoisotopic (exact) mass is 207 g/mol. The minimum atomic E-state index is 0.447. The summed E-state index contributed by atoms with van der Waals surface area (Å²) in [5.74, 6) is 1.12. The lowest BCUT2D eigenvalue weighted by atomic mass is 10.1. The molecule has 0 saturated heterocycles. The third kappa shape index (κ3) is 4.13. The van der Waals surface area contributed by atoms with E-state index in [1.165, 1.54) is 0 Å². The molecule has 15 heavy (non-hydrogen) atoms. The van der Waals surface area contributed by atoms with Gasteiger partial charge >= 0.3 is 0 Å². The van der Waals surface area contributed by atoms with Gasteiger partial charge in [-0.3, -0.25) is 0 Å². The van der Waals surface area contributed by atoms with Crippen molar-refractivity contribution in [2.45, 2.75) is 26.8 Å². The minimum absolute atomic E-state index is 0.447. The lowest BCUT2D eigenvalue weighted by Crippen LogP contribution is -2.08. The molecule has 1 rings (SSSR count). The van der Waals surface area contributed by atoms with Crippen molar-refractivity contribution >= 4 is 0 Å². The first-order chi connectivity index (χ1) is 7.24. The van der Waals surface area contributed by atoms with Crippen LogP contribution in [-0.2, 0) is 11.3 Å². The maximum absolute atomic E-state index is 8.71. The summed E-state index contributed by atoms with van der Waals surface area (Å²) in [7, 11) is 0. The van der Waals surface area contributed by atoms with Gasteiger partial charge in [-0.1, -0.05) is 13.8 Å². The molecule has 0 fully saturated rings. The highest BCUT2D eigenvalue weighted by Crippen LogP contribution is 2.00. The second-order valence-electron chi connectivity index (χ2n) is 3.85. The molecule has 0 bridgehead atoms. The molecular weight excluding hydrogens is 190 g/mol. The number of rotatable bonds is 6. The van der Waals surface area contributed by atoms with Gasteiger partial charge in [-0.2, -0.15) is 5.26 Å². The van der Waals surface area contributed by atoms with Crippen molar-refractivity contribution in [1.29, 1.82) is 5.26 Å². The number of nitrogens with zero attached hydrogens (tertiary/aromatic N) is 3. The Morgan fingerprint density at radius 3 is 3.00 bits per heavy atom. The second kappa shape index (κ2) is 6.20. The molecule has 0 aliphatic heterocycles.